The third-order valence-corrected chi connectivity index (χ3v) is 3.19. The zero-order valence-corrected chi connectivity index (χ0v) is 8.14. The molecule has 0 radical (unpaired) electrons. The van der Waals surface area contributed by atoms with E-state index in [0.29, 0.717) is 6.54 Å². The van der Waals surface area contributed by atoms with Gasteiger partial charge in [-0.1, -0.05) is 0 Å². The van der Waals surface area contributed by atoms with E-state index in [1.807, 2.05) is 0 Å². The van der Waals surface area contributed by atoms with E-state index in [1.54, 1.807) is 0 Å². The van der Waals surface area contributed by atoms with Gasteiger partial charge >= 0.3 is 0 Å². The maximum atomic E-state index is 12.9. The monoisotopic (exact) mass is 186 g/mol. The molecule has 2 saturated heterocycles. The van der Waals surface area contributed by atoms with Crippen molar-refractivity contribution in [3.8, 4) is 0 Å². The Morgan fingerprint density at radius 3 is 2.62 bits per heavy atom. The van der Waals surface area contributed by atoms with Crippen molar-refractivity contribution in [1.82, 2.24) is 10.2 Å². The van der Waals surface area contributed by atoms with Crippen LogP contribution in [0.15, 0.2) is 0 Å². The first-order chi connectivity index (χ1) is 6.34. The highest BCUT2D eigenvalue weighted by atomic mass is 19.1. The molecule has 2 fully saturated rings. The Kier molecular flexibility index (Phi) is 3.17. The summed E-state index contributed by atoms with van der Waals surface area (Å²) in [6.07, 6.45) is 2.74. The van der Waals surface area contributed by atoms with Crippen LogP contribution in [0.5, 0.6) is 0 Å². The molecule has 2 heterocycles. The number of likely N-dealkylation sites (tertiary alicyclic amines) is 1. The average molecular weight is 186 g/mol. The molecule has 1 unspecified atom stereocenters. The minimum Gasteiger partial charge on any atom is -0.317 e. The second kappa shape index (κ2) is 4.38. The van der Waals surface area contributed by atoms with Crippen molar-refractivity contribution in [2.75, 3.05) is 32.7 Å². The predicted molar refractivity (Wildman–Crippen MR) is 51.5 cm³/mol. The molecule has 2 nitrogen and oxygen atoms in total. The van der Waals surface area contributed by atoms with Gasteiger partial charge in [0.2, 0.25) is 0 Å². The van der Waals surface area contributed by atoms with E-state index in [9.17, 15) is 4.39 Å². The molecule has 0 saturated carbocycles. The molecule has 3 heteroatoms. The van der Waals surface area contributed by atoms with Crippen molar-refractivity contribution in [3.05, 3.63) is 0 Å². The van der Waals surface area contributed by atoms with Crippen LogP contribution in [0.25, 0.3) is 0 Å². The summed E-state index contributed by atoms with van der Waals surface area (Å²) in [5.74, 6) is 0.812. The molecule has 1 atom stereocenters. The Bertz CT molecular complexity index is 154. The van der Waals surface area contributed by atoms with Gasteiger partial charge in [0.1, 0.15) is 6.17 Å². The molecule has 0 bridgehead atoms. The van der Waals surface area contributed by atoms with Crippen molar-refractivity contribution >= 4 is 0 Å². The summed E-state index contributed by atoms with van der Waals surface area (Å²) in [5.41, 5.74) is 0. The SMILES string of the molecule is FC1CCN(CC2CCNCC2)C1. The largest absolute Gasteiger partial charge is 0.317 e. The van der Waals surface area contributed by atoms with Crippen molar-refractivity contribution < 1.29 is 4.39 Å². The lowest BCUT2D eigenvalue weighted by Crippen LogP contribution is -2.35. The molecule has 1 N–H and O–H groups in total. The number of alkyl halides is 1. The van der Waals surface area contributed by atoms with Gasteiger partial charge in [0.05, 0.1) is 0 Å². The van der Waals surface area contributed by atoms with E-state index in [2.05, 4.69) is 10.2 Å². The zero-order valence-electron chi connectivity index (χ0n) is 8.14. The Hall–Kier alpha value is -0.150. The molecule has 0 aromatic heterocycles. The van der Waals surface area contributed by atoms with Gasteiger partial charge in [-0.15, -0.1) is 0 Å². The smallest absolute Gasteiger partial charge is 0.114 e. The van der Waals surface area contributed by atoms with Crippen LogP contribution in [-0.4, -0.2) is 43.8 Å². The second-order valence-corrected chi connectivity index (χ2v) is 4.34. The first-order valence-electron chi connectivity index (χ1n) is 5.42. The fourth-order valence-corrected chi connectivity index (χ4v) is 2.38. The summed E-state index contributed by atoms with van der Waals surface area (Å²) in [7, 11) is 0. The molecule has 0 aliphatic carbocycles. The van der Waals surface area contributed by atoms with Crippen LogP contribution in [0.1, 0.15) is 19.3 Å². The Labute approximate surface area is 79.5 Å². The first kappa shape index (κ1) is 9.41. The van der Waals surface area contributed by atoms with Gasteiger partial charge < -0.3 is 10.2 Å². The van der Waals surface area contributed by atoms with E-state index in [4.69, 9.17) is 0 Å². The Balaban J connectivity index is 1.71. The quantitative estimate of drug-likeness (QED) is 0.693. The van der Waals surface area contributed by atoms with Gasteiger partial charge in [0.15, 0.2) is 0 Å². The molecule has 2 aliphatic rings. The number of rotatable bonds is 2. The van der Waals surface area contributed by atoms with Crippen LogP contribution in [0.4, 0.5) is 4.39 Å². The van der Waals surface area contributed by atoms with Gasteiger partial charge in [0.25, 0.3) is 0 Å². The number of hydrogen-bond acceptors (Lipinski definition) is 2. The third kappa shape index (κ3) is 2.64. The van der Waals surface area contributed by atoms with E-state index >= 15 is 0 Å². The van der Waals surface area contributed by atoms with Crippen LogP contribution >= 0.6 is 0 Å². The molecular weight excluding hydrogens is 167 g/mol. The van der Waals surface area contributed by atoms with Gasteiger partial charge in [0, 0.05) is 19.6 Å². The fourth-order valence-electron chi connectivity index (χ4n) is 2.38. The number of halogens is 1. The molecule has 0 amide bonds. The van der Waals surface area contributed by atoms with Crippen molar-refractivity contribution in [2.45, 2.75) is 25.4 Å². The van der Waals surface area contributed by atoms with Crippen LogP contribution in [0.3, 0.4) is 0 Å². The summed E-state index contributed by atoms with van der Waals surface area (Å²) in [4.78, 5) is 2.29. The van der Waals surface area contributed by atoms with Gasteiger partial charge in [-0.25, -0.2) is 4.39 Å². The van der Waals surface area contributed by atoms with E-state index < -0.39 is 6.17 Å². The highest BCUT2D eigenvalue weighted by Crippen LogP contribution is 2.18. The van der Waals surface area contributed by atoms with Crippen molar-refractivity contribution in [2.24, 2.45) is 5.92 Å². The Morgan fingerprint density at radius 1 is 1.23 bits per heavy atom. The predicted octanol–water partition coefficient (Wildman–Crippen LogP) is 1.03. The van der Waals surface area contributed by atoms with Crippen LogP contribution in [-0.2, 0) is 0 Å². The van der Waals surface area contributed by atoms with E-state index in [0.717, 1.165) is 38.5 Å². The highest BCUT2D eigenvalue weighted by Gasteiger charge is 2.24. The maximum Gasteiger partial charge on any atom is 0.114 e. The van der Waals surface area contributed by atoms with Crippen LogP contribution in [0, 0.1) is 5.92 Å². The van der Waals surface area contributed by atoms with Crippen LogP contribution < -0.4 is 5.32 Å². The fraction of sp³-hybridized carbons (Fsp3) is 1.00. The zero-order chi connectivity index (χ0) is 9.10. The standard InChI is InChI=1S/C10H19FN2/c11-10-3-6-13(8-10)7-9-1-4-12-5-2-9/h9-10,12H,1-8H2. The van der Waals surface area contributed by atoms with E-state index in [-0.39, 0.29) is 0 Å². The van der Waals surface area contributed by atoms with Crippen LogP contribution in [0.2, 0.25) is 0 Å². The Morgan fingerprint density at radius 2 is 2.00 bits per heavy atom. The molecule has 0 aromatic carbocycles. The molecule has 13 heavy (non-hydrogen) atoms. The summed E-state index contributed by atoms with van der Waals surface area (Å²) in [6.45, 7) is 5.09. The first-order valence-corrected chi connectivity index (χ1v) is 5.42. The maximum absolute atomic E-state index is 12.9. The number of nitrogens with one attached hydrogen (secondary N) is 1. The van der Waals surface area contributed by atoms with Gasteiger partial charge in [-0.05, 0) is 38.3 Å². The lowest BCUT2D eigenvalue weighted by Gasteiger charge is -2.26. The van der Waals surface area contributed by atoms with Crippen molar-refractivity contribution in [1.29, 1.82) is 0 Å². The number of hydrogen-bond donors (Lipinski definition) is 1. The summed E-state index contributed by atoms with van der Waals surface area (Å²) >= 11 is 0. The van der Waals surface area contributed by atoms with Crippen molar-refractivity contribution in [3.63, 3.8) is 0 Å². The topological polar surface area (TPSA) is 15.3 Å². The lowest BCUT2D eigenvalue weighted by atomic mass is 9.98. The lowest BCUT2D eigenvalue weighted by molar-refractivity contribution is 0.224. The number of piperidine rings is 1. The third-order valence-electron chi connectivity index (χ3n) is 3.19. The molecular formula is C10H19FN2. The van der Waals surface area contributed by atoms with Gasteiger partial charge in [-0.2, -0.15) is 0 Å². The highest BCUT2D eigenvalue weighted by molar-refractivity contribution is 4.79. The summed E-state index contributed by atoms with van der Waals surface area (Å²) in [5, 5.41) is 3.36. The number of nitrogens with zero attached hydrogens (tertiary/aromatic N) is 1. The van der Waals surface area contributed by atoms with E-state index in [1.165, 1.54) is 12.8 Å². The minimum absolute atomic E-state index is 0.554. The summed E-state index contributed by atoms with van der Waals surface area (Å²) < 4.78 is 12.9. The molecule has 2 aliphatic heterocycles. The molecule has 0 spiro atoms. The normalized spacial score (nSPS) is 32.5. The molecule has 0 aromatic rings. The summed E-state index contributed by atoms with van der Waals surface area (Å²) in [6, 6.07) is 0. The second-order valence-electron chi connectivity index (χ2n) is 4.34. The molecule has 2 rings (SSSR count). The van der Waals surface area contributed by atoms with Gasteiger partial charge in [-0.3, -0.25) is 0 Å². The minimum atomic E-state index is -0.554. The average Bonchev–Trinajstić information content (AvgIpc) is 2.53. The molecule has 76 valence electrons.